The highest BCUT2D eigenvalue weighted by atomic mass is 32.1. The molecule has 2 saturated heterocycles. The van der Waals surface area contributed by atoms with E-state index < -0.39 is 0 Å². The number of benzene rings is 1. The SMILES string of the molecule is CC(C)Oc1cc2[nH]ncc2cc1Nc1ncnc2sc3c(c12)CCC1(C3)CN1C(=O)N1CCCCC1. The maximum absolute atomic E-state index is 13.2. The van der Waals surface area contributed by atoms with Crippen LogP contribution >= 0.6 is 11.3 Å². The molecule has 1 aromatic carbocycles. The molecule has 3 aliphatic rings. The third kappa shape index (κ3) is 3.89. The predicted octanol–water partition coefficient (Wildman–Crippen LogP) is 5.25. The van der Waals surface area contributed by atoms with Crippen molar-refractivity contribution in [3.8, 4) is 5.75 Å². The zero-order chi connectivity index (χ0) is 25.1. The largest absolute Gasteiger partial charge is 0.489 e. The summed E-state index contributed by atoms with van der Waals surface area (Å²) in [7, 11) is 0. The number of carbonyl (C=O) groups is 1. The van der Waals surface area contributed by atoms with E-state index in [1.54, 1.807) is 17.7 Å². The summed E-state index contributed by atoms with van der Waals surface area (Å²) in [6.45, 7) is 6.71. The van der Waals surface area contributed by atoms with Gasteiger partial charge in [0, 0.05) is 42.4 Å². The number of ether oxygens (including phenoxy) is 1. The van der Waals surface area contributed by atoms with Gasteiger partial charge in [-0.3, -0.25) is 5.10 Å². The van der Waals surface area contributed by atoms with Gasteiger partial charge < -0.3 is 19.9 Å². The quantitative estimate of drug-likeness (QED) is 0.359. The first-order valence-electron chi connectivity index (χ1n) is 13.2. The summed E-state index contributed by atoms with van der Waals surface area (Å²) in [6.07, 6.45) is 9.78. The normalized spacial score (nSPS) is 21.2. The Morgan fingerprint density at radius 3 is 2.92 bits per heavy atom. The highest BCUT2D eigenvalue weighted by Crippen LogP contribution is 2.49. The average molecular weight is 518 g/mol. The van der Waals surface area contributed by atoms with Gasteiger partial charge in [-0.1, -0.05) is 0 Å². The molecule has 4 aromatic rings. The Balaban J connectivity index is 1.19. The number of urea groups is 1. The highest BCUT2D eigenvalue weighted by Gasteiger charge is 2.57. The fourth-order valence-corrected chi connectivity index (χ4v) is 7.31. The minimum Gasteiger partial charge on any atom is -0.489 e. The first kappa shape index (κ1) is 22.8. The number of amides is 2. The molecule has 7 rings (SSSR count). The van der Waals surface area contributed by atoms with Gasteiger partial charge in [0.1, 0.15) is 22.7 Å². The van der Waals surface area contributed by atoms with Crippen molar-refractivity contribution < 1.29 is 9.53 Å². The minimum atomic E-state index is -0.0198. The van der Waals surface area contributed by atoms with Gasteiger partial charge in [0.15, 0.2) is 0 Å². The van der Waals surface area contributed by atoms with E-state index in [1.807, 2.05) is 32.2 Å². The minimum absolute atomic E-state index is 0.0198. The van der Waals surface area contributed by atoms with E-state index in [-0.39, 0.29) is 17.7 Å². The number of hydrogen-bond acceptors (Lipinski definition) is 7. The number of nitrogens with one attached hydrogen (secondary N) is 2. The Hall–Kier alpha value is -3.40. The number of nitrogens with zero attached hydrogens (tertiary/aromatic N) is 5. The second-order valence-electron chi connectivity index (χ2n) is 10.8. The van der Waals surface area contributed by atoms with Gasteiger partial charge in [0.25, 0.3) is 0 Å². The summed E-state index contributed by atoms with van der Waals surface area (Å²) in [4.78, 5) is 29.0. The lowest BCUT2D eigenvalue weighted by Crippen LogP contribution is -2.41. The number of aromatic nitrogens is 4. The van der Waals surface area contributed by atoms with Crippen LogP contribution in [-0.2, 0) is 12.8 Å². The monoisotopic (exact) mass is 517 g/mol. The van der Waals surface area contributed by atoms with Crippen LogP contribution in [-0.4, -0.2) is 67.3 Å². The molecule has 37 heavy (non-hydrogen) atoms. The van der Waals surface area contributed by atoms with Crippen LogP contribution in [0.3, 0.4) is 0 Å². The van der Waals surface area contributed by atoms with Gasteiger partial charge in [-0.15, -0.1) is 11.3 Å². The van der Waals surface area contributed by atoms with Gasteiger partial charge in [0.2, 0.25) is 0 Å². The second kappa shape index (κ2) is 8.58. The molecule has 5 heterocycles. The number of hydrogen-bond donors (Lipinski definition) is 2. The smallest absolute Gasteiger partial charge is 0.320 e. The lowest BCUT2D eigenvalue weighted by atomic mass is 9.87. The first-order chi connectivity index (χ1) is 18.0. The number of carbonyl (C=O) groups excluding carboxylic acids is 1. The van der Waals surface area contributed by atoms with E-state index in [2.05, 4.69) is 35.3 Å². The molecule has 2 fully saturated rings. The Bertz CT molecular complexity index is 1510. The van der Waals surface area contributed by atoms with Gasteiger partial charge in [-0.25, -0.2) is 14.8 Å². The van der Waals surface area contributed by atoms with Crippen molar-refractivity contribution in [3.05, 3.63) is 35.1 Å². The summed E-state index contributed by atoms with van der Waals surface area (Å²) >= 11 is 1.75. The standard InChI is InChI=1S/C27H31N7O2S/c1-16(2)36-21-11-19-17(13-30-32-19)10-20(21)31-24-23-18-6-7-27(12-22(18)37-25(23)29-15-28-24)14-34(27)26(35)33-8-4-3-5-9-33/h10-11,13,15-16H,3-9,12,14H2,1-2H3,(H,30,32)(H,28,29,31). The maximum atomic E-state index is 13.2. The maximum Gasteiger partial charge on any atom is 0.320 e. The molecule has 0 radical (unpaired) electrons. The summed E-state index contributed by atoms with van der Waals surface area (Å²) in [5.41, 5.74) is 3.09. The molecule has 1 unspecified atom stereocenters. The number of likely N-dealkylation sites (tertiary alicyclic amines) is 1. The van der Waals surface area contributed by atoms with Crippen molar-refractivity contribution in [2.75, 3.05) is 25.0 Å². The average Bonchev–Trinajstić information content (AvgIpc) is 3.20. The molecular formula is C27H31N7O2S. The van der Waals surface area contributed by atoms with Crippen molar-refractivity contribution in [1.82, 2.24) is 30.0 Å². The summed E-state index contributed by atoms with van der Waals surface area (Å²) < 4.78 is 6.13. The fraction of sp³-hybridized carbons (Fsp3) is 0.481. The van der Waals surface area contributed by atoms with Crippen molar-refractivity contribution in [1.29, 1.82) is 0 Å². The van der Waals surface area contributed by atoms with Gasteiger partial charge in [-0.2, -0.15) is 5.10 Å². The number of anilines is 2. The molecule has 0 saturated carbocycles. The molecule has 192 valence electrons. The van der Waals surface area contributed by atoms with Gasteiger partial charge in [0.05, 0.1) is 34.4 Å². The lowest BCUT2D eigenvalue weighted by Gasteiger charge is -2.30. The van der Waals surface area contributed by atoms with Gasteiger partial charge >= 0.3 is 6.03 Å². The third-order valence-electron chi connectivity index (χ3n) is 7.94. The topological polar surface area (TPSA) is 99.0 Å². The summed E-state index contributed by atoms with van der Waals surface area (Å²) in [5.74, 6) is 1.55. The van der Waals surface area contributed by atoms with Crippen LogP contribution in [0.25, 0.3) is 21.1 Å². The molecule has 2 N–H and O–H groups in total. The Kier molecular flexibility index (Phi) is 5.28. The highest BCUT2D eigenvalue weighted by molar-refractivity contribution is 7.19. The zero-order valence-electron chi connectivity index (χ0n) is 21.2. The van der Waals surface area contributed by atoms with Gasteiger partial charge in [-0.05, 0) is 57.6 Å². The lowest BCUT2D eigenvalue weighted by molar-refractivity contribution is 0.164. The molecule has 1 spiro atoms. The van der Waals surface area contributed by atoms with Crippen molar-refractivity contribution in [2.45, 2.75) is 64.0 Å². The van der Waals surface area contributed by atoms with Crippen molar-refractivity contribution >= 4 is 50.0 Å². The number of aromatic amines is 1. The molecule has 2 aliphatic heterocycles. The van der Waals surface area contributed by atoms with E-state index in [0.29, 0.717) is 0 Å². The zero-order valence-corrected chi connectivity index (χ0v) is 22.0. The number of aryl methyl sites for hydroxylation is 1. The Morgan fingerprint density at radius 1 is 1.22 bits per heavy atom. The first-order valence-corrected chi connectivity index (χ1v) is 14.0. The molecule has 2 amide bonds. The Labute approximate surface area is 219 Å². The molecule has 9 nitrogen and oxygen atoms in total. The second-order valence-corrected chi connectivity index (χ2v) is 11.9. The van der Waals surface area contributed by atoms with Crippen LogP contribution in [0.1, 0.15) is 50.0 Å². The number of H-pyrrole nitrogens is 1. The van der Waals surface area contributed by atoms with Crippen LogP contribution < -0.4 is 10.1 Å². The predicted molar refractivity (Wildman–Crippen MR) is 145 cm³/mol. The van der Waals surface area contributed by atoms with Crippen molar-refractivity contribution in [2.24, 2.45) is 0 Å². The van der Waals surface area contributed by atoms with E-state index >= 15 is 0 Å². The molecule has 1 atom stereocenters. The summed E-state index contributed by atoms with van der Waals surface area (Å²) in [6, 6.07) is 4.27. The van der Waals surface area contributed by atoms with Crippen LogP contribution in [0.5, 0.6) is 5.75 Å². The number of fused-ring (bicyclic) bond motifs is 4. The fourth-order valence-electron chi connectivity index (χ4n) is 5.98. The van der Waals surface area contributed by atoms with Crippen LogP contribution in [0.15, 0.2) is 24.7 Å². The van der Waals surface area contributed by atoms with E-state index in [9.17, 15) is 4.79 Å². The molecule has 0 bridgehead atoms. The number of piperidine rings is 1. The van der Waals surface area contributed by atoms with E-state index in [0.717, 1.165) is 90.1 Å². The number of rotatable bonds is 4. The third-order valence-corrected chi connectivity index (χ3v) is 9.08. The van der Waals surface area contributed by atoms with Crippen LogP contribution in [0, 0.1) is 0 Å². The van der Waals surface area contributed by atoms with E-state index in [1.165, 1.54) is 16.9 Å². The summed E-state index contributed by atoms with van der Waals surface area (Å²) in [5, 5.41) is 12.9. The van der Waals surface area contributed by atoms with E-state index in [4.69, 9.17) is 4.74 Å². The molecule has 1 aliphatic carbocycles. The Morgan fingerprint density at radius 2 is 2.08 bits per heavy atom. The number of thiophene rings is 1. The van der Waals surface area contributed by atoms with Crippen molar-refractivity contribution in [3.63, 3.8) is 0 Å². The molecular weight excluding hydrogens is 486 g/mol. The molecule has 3 aromatic heterocycles. The van der Waals surface area contributed by atoms with Crippen LogP contribution in [0.4, 0.5) is 16.3 Å². The molecule has 10 heteroatoms. The van der Waals surface area contributed by atoms with Crippen LogP contribution in [0.2, 0.25) is 0 Å².